The first-order valence-corrected chi connectivity index (χ1v) is 8.18. The number of carbonyl (C=O) groups excluding carboxylic acids is 1. The van der Waals surface area contributed by atoms with E-state index in [9.17, 15) is 9.18 Å². The summed E-state index contributed by atoms with van der Waals surface area (Å²) < 4.78 is 24.6. The number of amides is 1. The molecule has 0 unspecified atom stereocenters. The quantitative estimate of drug-likeness (QED) is 0.810. The molecular weight excluding hydrogens is 321 g/mol. The molecule has 0 aliphatic carbocycles. The van der Waals surface area contributed by atoms with Crippen LogP contribution in [0.5, 0.6) is 5.75 Å². The van der Waals surface area contributed by atoms with Crippen LogP contribution in [0.3, 0.4) is 0 Å². The first kappa shape index (κ1) is 17.9. The van der Waals surface area contributed by atoms with E-state index < -0.39 is 11.4 Å². The Morgan fingerprint density at radius 1 is 1.43 bits per heavy atom. The Morgan fingerprint density at radius 2 is 2.17 bits per heavy atom. The number of hydrogen-bond donors (Lipinski definition) is 0. The summed E-state index contributed by atoms with van der Waals surface area (Å²) >= 11 is 5.72. The number of rotatable bonds is 3. The number of hydrogen-bond acceptors (Lipinski definition) is 3. The largest absolute Gasteiger partial charge is 0.490 e. The second-order valence-electron chi connectivity index (χ2n) is 6.82. The van der Waals surface area contributed by atoms with Gasteiger partial charge in [0.25, 0.3) is 0 Å². The zero-order chi connectivity index (χ0) is 17.0. The molecule has 4 nitrogen and oxygen atoms in total. The van der Waals surface area contributed by atoms with Gasteiger partial charge in [0.05, 0.1) is 6.61 Å². The van der Waals surface area contributed by atoms with Crippen molar-refractivity contribution in [2.45, 2.75) is 39.2 Å². The lowest BCUT2D eigenvalue weighted by molar-refractivity contribution is 0.0138. The second-order valence-corrected chi connectivity index (χ2v) is 7.26. The van der Waals surface area contributed by atoms with Gasteiger partial charge in [-0.05, 0) is 51.8 Å². The fourth-order valence-electron chi connectivity index (χ4n) is 2.49. The molecule has 0 spiro atoms. The molecule has 0 aromatic heterocycles. The van der Waals surface area contributed by atoms with Crippen LogP contribution in [-0.4, -0.2) is 36.3 Å². The molecule has 1 amide bonds. The summed E-state index contributed by atoms with van der Waals surface area (Å²) in [6.07, 6.45) is 1.52. The summed E-state index contributed by atoms with van der Waals surface area (Å²) in [4.78, 5) is 13.8. The molecule has 1 atom stereocenters. The fraction of sp³-hybridized carbons (Fsp3) is 0.588. The van der Waals surface area contributed by atoms with E-state index in [4.69, 9.17) is 21.1 Å². The minimum absolute atomic E-state index is 0.159. The van der Waals surface area contributed by atoms with Crippen LogP contribution in [-0.2, 0) is 4.74 Å². The van der Waals surface area contributed by atoms with Gasteiger partial charge in [0.15, 0.2) is 11.6 Å². The van der Waals surface area contributed by atoms with Crippen molar-refractivity contribution in [2.75, 3.05) is 19.7 Å². The number of ether oxygens (including phenoxy) is 2. The summed E-state index contributed by atoms with van der Waals surface area (Å²) in [7, 11) is 0. The molecule has 1 aliphatic rings. The third kappa shape index (κ3) is 5.57. The van der Waals surface area contributed by atoms with E-state index >= 15 is 0 Å². The SMILES string of the molecule is CC(C)(C)OC(=O)N1CCC[C@H](COc2ccc(Cl)cc2F)C1. The summed E-state index contributed by atoms with van der Waals surface area (Å²) in [6.45, 7) is 7.14. The predicted molar refractivity (Wildman–Crippen MR) is 87.4 cm³/mol. The average Bonchev–Trinajstić information content (AvgIpc) is 2.45. The van der Waals surface area contributed by atoms with Crippen molar-refractivity contribution in [1.29, 1.82) is 0 Å². The Morgan fingerprint density at radius 3 is 2.83 bits per heavy atom. The Labute approximate surface area is 141 Å². The Bertz CT molecular complexity index is 559. The smallest absolute Gasteiger partial charge is 0.410 e. The molecular formula is C17H23ClFNO3. The monoisotopic (exact) mass is 343 g/mol. The van der Waals surface area contributed by atoms with Crippen LogP contribution in [0.25, 0.3) is 0 Å². The summed E-state index contributed by atoms with van der Waals surface area (Å²) in [6, 6.07) is 4.34. The highest BCUT2D eigenvalue weighted by atomic mass is 35.5. The molecule has 128 valence electrons. The normalized spacial score (nSPS) is 18.7. The van der Waals surface area contributed by atoms with Gasteiger partial charge in [-0.3, -0.25) is 0 Å². The molecule has 0 N–H and O–H groups in total. The summed E-state index contributed by atoms with van der Waals surface area (Å²) in [5.41, 5.74) is -0.507. The minimum Gasteiger partial charge on any atom is -0.490 e. The van der Waals surface area contributed by atoms with Crippen LogP contribution >= 0.6 is 11.6 Å². The van der Waals surface area contributed by atoms with Gasteiger partial charge in [0.1, 0.15) is 5.60 Å². The van der Waals surface area contributed by atoms with Crippen molar-refractivity contribution < 1.29 is 18.7 Å². The Kier molecular flexibility index (Phi) is 5.74. The van der Waals surface area contributed by atoms with Crippen molar-refractivity contribution >= 4 is 17.7 Å². The zero-order valence-electron chi connectivity index (χ0n) is 13.8. The number of halogens is 2. The van der Waals surface area contributed by atoms with Gasteiger partial charge >= 0.3 is 6.09 Å². The van der Waals surface area contributed by atoms with Crippen LogP contribution in [0.15, 0.2) is 18.2 Å². The topological polar surface area (TPSA) is 38.8 Å². The zero-order valence-corrected chi connectivity index (χ0v) is 14.5. The molecule has 1 aromatic carbocycles. The van der Waals surface area contributed by atoms with Gasteiger partial charge in [0, 0.05) is 24.0 Å². The van der Waals surface area contributed by atoms with E-state index in [1.54, 1.807) is 11.0 Å². The lowest BCUT2D eigenvalue weighted by atomic mass is 9.99. The van der Waals surface area contributed by atoms with Crippen LogP contribution in [0.1, 0.15) is 33.6 Å². The number of nitrogens with zero attached hydrogens (tertiary/aromatic N) is 1. The maximum atomic E-state index is 13.7. The van der Waals surface area contributed by atoms with E-state index in [-0.39, 0.29) is 17.8 Å². The standard InChI is InChI=1S/C17H23ClFNO3/c1-17(2,3)23-16(21)20-8-4-5-12(10-20)11-22-15-7-6-13(18)9-14(15)19/h6-7,9,12H,4-5,8,10-11H2,1-3H3/t12-/m0/s1. The maximum Gasteiger partial charge on any atom is 0.410 e. The van der Waals surface area contributed by atoms with Crippen LogP contribution in [0.4, 0.5) is 9.18 Å². The van der Waals surface area contributed by atoms with Crippen molar-refractivity contribution in [3.8, 4) is 5.75 Å². The van der Waals surface area contributed by atoms with Crippen LogP contribution < -0.4 is 4.74 Å². The summed E-state index contributed by atoms with van der Waals surface area (Å²) in [5.74, 6) is -0.132. The molecule has 23 heavy (non-hydrogen) atoms. The van der Waals surface area contributed by atoms with E-state index in [0.717, 1.165) is 12.8 Å². The number of piperidine rings is 1. The van der Waals surface area contributed by atoms with Gasteiger partial charge in [-0.2, -0.15) is 0 Å². The van der Waals surface area contributed by atoms with Gasteiger partial charge in [-0.25, -0.2) is 9.18 Å². The Hall–Kier alpha value is -1.49. The van der Waals surface area contributed by atoms with Gasteiger partial charge in [0.2, 0.25) is 0 Å². The molecule has 2 rings (SSSR count). The number of likely N-dealkylation sites (tertiary alicyclic amines) is 1. The first-order chi connectivity index (χ1) is 10.7. The van der Waals surface area contributed by atoms with Gasteiger partial charge in [-0.1, -0.05) is 11.6 Å². The van der Waals surface area contributed by atoms with Gasteiger partial charge in [-0.15, -0.1) is 0 Å². The lowest BCUT2D eigenvalue weighted by Gasteiger charge is -2.34. The third-order valence-electron chi connectivity index (χ3n) is 3.54. The highest BCUT2D eigenvalue weighted by Gasteiger charge is 2.28. The molecule has 1 aliphatic heterocycles. The van der Waals surface area contributed by atoms with Crippen molar-refractivity contribution in [1.82, 2.24) is 4.90 Å². The molecule has 0 bridgehead atoms. The highest BCUT2D eigenvalue weighted by molar-refractivity contribution is 6.30. The molecule has 6 heteroatoms. The average molecular weight is 344 g/mol. The highest BCUT2D eigenvalue weighted by Crippen LogP contribution is 2.24. The van der Waals surface area contributed by atoms with Crippen LogP contribution in [0.2, 0.25) is 5.02 Å². The van der Waals surface area contributed by atoms with E-state index in [1.165, 1.54) is 12.1 Å². The van der Waals surface area contributed by atoms with E-state index in [2.05, 4.69) is 0 Å². The minimum atomic E-state index is -0.507. The molecule has 1 saturated heterocycles. The first-order valence-electron chi connectivity index (χ1n) is 7.80. The molecule has 0 radical (unpaired) electrons. The predicted octanol–water partition coefficient (Wildman–Crippen LogP) is 4.51. The molecule has 0 saturated carbocycles. The molecule has 1 fully saturated rings. The Balaban J connectivity index is 1.87. The van der Waals surface area contributed by atoms with E-state index in [0.29, 0.717) is 24.7 Å². The lowest BCUT2D eigenvalue weighted by Crippen LogP contribution is -2.44. The fourth-order valence-corrected chi connectivity index (χ4v) is 2.65. The van der Waals surface area contributed by atoms with Crippen molar-refractivity contribution in [3.05, 3.63) is 29.0 Å². The molecule has 1 heterocycles. The third-order valence-corrected chi connectivity index (χ3v) is 3.77. The van der Waals surface area contributed by atoms with Crippen molar-refractivity contribution in [3.63, 3.8) is 0 Å². The van der Waals surface area contributed by atoms with Crippen LogP contribution in [0, 0.1) is 11.7 Å². The maximum absolute atomic E-state index is 13.7. The summed E-state index contributed by atoms with van der Waals surface area (Å²) in [5, 5.41) is 0.337. The van der Waals surface area contributed by atoms with Gasteiger partial charge < -0.3 is 14.4 Å². The van der Waals surface area contributed by atoms with E-state index in [1.807, 2.05) is 20.8 Å². The number of benzene rings is 1. The number of carbonyl (C=O) groups is 1. The van der Waals surface area contributed by atoms with Crippen molar-refractivity contribution in [2.24, 2.45) is 5.92 Å². The second kappa shape index (κ2) is 7.39. The molecule has 1 aromatic rings.